The van der Waals surface area contributed by atoms with Gasteiger partial charge in [-0.25, -0.2) is 14.5 Å². The van der Waals surface area contributed by atoms with Crippen molar-refractivity contribution in [1.29, 1.82) is 0 Å². The fourth-order valence-corrected chi connectivity index (χ4v) is 2.44. The number of fused-ring (bicyclic) bond motifs is 1. The third kappa shape index (κ3) is 2.04. The van der Waals surface area contributed by atoms with E-state index in [1.807, 2.05) is 10.7 Å². The lowest BCUT2D eigenvalue weighted by atomic mass is 10.2. The molecule has 0 bridgehead atoms. The Labute approximate surface area is 110 Å². The highest BCUT2D eigenvalue weighted by molar-refractivity contribution is 6.00. The Morgan fingerprint density at radius 2 is 2.00 bits per heavy atom. The van der Waals surface area contributed by atoms with Gasteiger partial charge in [-0.1, -0.05) is 6.07 Å². The number of nitrogens with zero attached hydrogens (tertiary/aromatic N) is 4. The van der Waals surface area contributed by atoms with Crippen LogP contribution in [0, 0.1) is 0 Å². The lowest BCUT2D eigenvalue weighted by Gasteiger charge is -2.34. The van der Waals surface area contributed by atoms with Gasteiger partial charge in [0, 0.05) is 26.2 Å². The van der Waals surface area contributed by atoms with Crippen molar-refractivity contribution in [2.75, 3.05) is 38.2 Å². The highest BCUT2D eigenvalue weighted by Crippen LogP contribution is 2.18. The number of aromatic carboxylic acids is 1. The number of carboxylic acid groups (broad SMARTS) is 1. The molecule has 1 aromatic heterocycles. The van der Waals surface area contributed by atoms with Gasteiger partial charge in [-0.15, -0.1) is 0 Å². The Kier molecular flexibility index (Phi) is 2.87. The first kappa shape index (κ1) is 12.0. The number of hydrogen-bond donors (Lipinski definition) is 1. The average molecular weight is 260 g/mol. The maximum absolute atomic E-state index is 11.2. The summed E-state index contributed by atoms with van der Waals surface area (Å²) in [7, 11) is 2.10. The van der Waals surface area contributed by atoms with Gasteiger partial charge in [0.2, 0.25) is 0 Å². The maximum Gasteiger partial charge on any atom is 0.337 e. The molecule has 1 fully saturated rings. The van der Waals surface area contributed by atoms with Crippen LogP contribution in [0.4, 0.5) is 0 Å². The van der Waals surface area contributed by atoms with Gasteiger partial charge in [0.25, 0.3) is 0 Å². The van der Waals surface area contributed by atoms with Gasteiger partial charge in [-0.2, -0.15) is 0 Å². The molecular formula is C13H16N4O2. The molecule has 0 spiro atoms. The summed E-state index contributed by atoms with van der Waals surface area (Å²) >= 11 is 0. The minimum atomic E-state index is -0.936. The summed E-state index contributed by atoms with van der Waals surface area (Å²) in [6, 6.07) is 5.26. The fourth-order valence-electron chi connectivity index (χ4n) is 2.44. The van der Waals surface area contributed by atoms with Crippen molar-refractivity contribution in [1.82, 2.24) is 14.6 Å². The van der Waals surface area contributed by atoms with E-state index in [0.717, 1.165) is 31.7 Å². The molecule has 6 nitrogen and oxygen atoms in total. The Morgan fingerprint density at radius 1 is 1.26 bits per heavy atom. The van der Waals surface area contributed by atoms with Crippen molar-refractivity contribution < 1.29 is 9.90 Å². The van der Waals surface area contributed by atoms with Gasteiger partial charge in [0.1, 0.15) is 11.8 Å². The molecule has 1 aliphatic heterocycles. The van der Waals surface area contributed by atoms with Gasteiger partial charge in [0.15, 0.2) is 0 Å². The van der Waals surface area contributed by atoms with Crippen LogP contribution >= 0.6 is 0 Å². The van der Waals surface area contributed by atoms with E-state index in [2.05, 4.69) is 21.9 Å². The van der Waals surface area contributed by atoms with E-state index < -0.39 is 5.97 Å². The summed E-state index contributed by atoms with van der Waals surface area (Å²) in [5.74, 6) is -0.936. The third-order valence-corrected chi connectivity index (χ3v) is 3.57. The van der Waals surface area contributed by atoms with E-state index in [-0.39, 0.29) is 5.56 Å². The first-order valence-electron chi connectivity index (χ1n) is 6.30. The number of rotatable bonds is 2. The van der Waals surface area contributed by atoms with Gasteiger partial charge in [-0.3, -0.25) is 0 Å². The number of benzene rings is 1. The summed E-state index contributed by atoms with van der Waals surface area (Å²) in [5, 5.41) is 11.4. The second-order valence-corrected chi connectivity index (χ2v) is 4.82. The van der Waals surface area contributed by atoms with Crippen molar-refractivity contribution >= 4 is 17.0 Å². The average Bonchev–Trinajstić information content (AvgIpc) is 2.83. The highest BCUT2D eigenvalue weighted by Gasteiger charge is 2.18. The van der Waals surface area contributed by atoms with Gasteiger partial charge < -0.3 is 15.0 Å². The molecule has 3 rings (SSSR count). The normalized spacial score (nSPS) is 17.0. The van der Waals surface area contributed by atoms with Crippen LogP contribution in [0.15, 0.2) is 24.5 Å². The van der Waals surface area contributed by atoms with Crippen LogP contribution in [0.5, 0.6) is 0 Å². The van der Waals surface area contributed by atoms with Crippen LogP contribution in [0.2, 0.25) is 0 Å². The number of carboxylic acids is 1. The lowest BCUT2D eigenvalue weighted by molar-refractivity contribution is 0.0699. The highest BCUT2D eigenvalue weighted by atomic mass is 16.4. The van der Waals surface area contributed by atoms with Gasteiger partial charge >= 0.3 is 5.97 Å². The zero-order valence-electron chi connectivity index (χ0n) is 10.8. The number of imidazole rings is 1. The molecule has 0 radical (unpaired) electrons. The van der Waals surface area contributed by atoms with Crippen molar-refractivity contribution in [3.8, 4) is 0 Å². The molecule has 1 aliphatic rings. The van der Waals surface area contributed by atoms with Crippen molar-refractivity contribution in [3.63, 3.8) is 0 Å². The van der Waals surface area contributed by atoms with E-state index in [0.29, 0.717) is 5.52 Å². The van der Waals surface area contributed by atoms with Crippen LogP contribution in [-0.4, -0.2) is 58.9 Å². The second-order valence-electron chi connectivity index (χ2n) is 4.82. The Morgan fingerprint density at radius 3 is 2.68 bits per heavy atom. The summed E-state index contributed by atoms with van der Waals surface area (Å²) in [5.41, 5.74) is 1.66. The standard InChI is InChI=1S/C13H16N4O2/c1-15-5-7-16(8-6-15)17-9-14-12-10(13(18)19)3-2-4-11(12)17/h2-4,9H,5-8H2,1H3,(H,18,19). The molecule has 100 valence electrons. The van der Waals surface area contributed by atoms with Crippen LogP contribution < -0.4 is 5.01 Å². The van der Waals surface area contributed by atoms with E-state index in [1.54, 1.807) is 18.5 Å². The van der Waals surface area contributed by atoms with E-state index >= 15 is 0 Å². The molecule has 1 N–H and O–H groups in total. The van der Waals surface area contributed by atoms with E-state index in [4.69, 9.17) is 5.11 Å². The molecule has 0 aliphatic carbocycles. The largest absolute Gasteiger partial charge is 0.478 e. The minimum absolute atomic E-state index is 0.255. The number of piperazine rings is 1. The monoisotopic (exact) mass is 260 g/mol. The molecular weight excluding hydrogens is 244 g/mol. The van der Waals surface area contributed by atoms with Crippen LogP contribution in [0.25, 0.3) is 11.0 Å². The molecule has 0 amide bonds. The topological polar surface area (TPSA) is 61.6 Å². The predicted molar refractivity (Wildman–Crippen MR) is 72.1 cm³/mol. The summed E-state index contributed by atoms with van der Waals surface area (Å²) < 4.78 is 1.97. The zero-order valence-corrected chi connectivity index (χ0v) is 10.8. The second kappa shape index (κ2) is 4.55. The predicted octanol–water partition coefficient (Wildman–Crippen LogP) is 0.618. The van der Waals surface area contributed by atoms with Crippen LogP contribution in [0.3, 0.4) is 0 Å². The van der Waals surface area contributed by atoms with Crippen molar-refractivity contribution in [2.24, 2.45) is 0 Å². The zero-order chi connectivity index (χ0) is 13.4. The van der Waals surface area contributed by atoms with E-state index in [9.17, 15) is 4.79 Å². The quantitative estimate of drug-likeness (QED) is 0.857. The molecule has 1 aromatic carbocycles. The van der Waals surface area contributed by atoms with Crippen LogP contribution in [0.1, 0.15) is 10.4 Å². The van der Waals surface area contributed by atoms with E-state index in [1.165, 1.54) is 0 Å². The minimum Gasteiger partial charge on any atom is -0.478 e. The molecule has 0 saturated carbocycles. The number of likely N-dealkylation sites (N-methyl/N-ethyl adjacent to an activating group) is 1. The molecule has 2 heterocycles. The number of para-hydroxylation sites is 1. The van der Waals surface area contributed by atoms with Crippen LogP contribution in [-0.2, 0) is 0 Å². The van der Waals surface area contributed by atoms with Crippen molar-refractivity contribution in [2.45, 2.75) is 0 Å². The smallest absolute Gasteiger partial charge is 0.337 e. The maximum atomic E-state index is 11.2. The molecule has 1 saturated heterocycles. The first-order chi connectivity index (χ1) is 9.16. The number of hydrogen-bond acceptors (Lipinski definition) is 4. The van der Waals surface area contributed by atoms with Gasteiger partial charge in [0.05, 0.1) is 11.1 Å². The molecule has 0 unspecified atom stereocenters. The van der Waals surface area contributed by atoms with Crippen molar-refractivity contribution in [3.05, 3.63) is 30.1 Å². The Hall–Kier alpha value is -2.08. The fraction of sp³-hybridized carbons (Fsp3) is 0.385. The third-order valence-electron chi connectivity index (χ3n) is 3.57. The molecule has 19 heavy (non-hydrogen) atoms. The SMILES string of the molecule is CN1CCN(n2cnc3c(C(=O)O)cccc32)CC1. The van der Waals surface area contributed by atoms with Gasteiger partial charge in [-0.05, 0) is 19.2 Å². The number of carbonyl (C=O) groups is 1. The Bertz CT molecular complexity index is 614. The first-order valence-corrected chi connectivity index (χ1v) is 6.30. The summed E-state index contributed by atoms with van der Waals surface area (Å²) in [6.07, 6.45) is 1.71. The molecule has 6 heteroatoms. The Balaban J connectivity index is 2.01. The lowest BCUT2D eigenvalue weighted by Crippen LogP contribution is -2.49. The molecule has 0 atom stereocenters. The summed E-state index contributed by atoms with van der Waals surface area (Å²) in [4.78, 5) is 17.7. The summed E-state index contributed by atoms with van der Waals surface area (Å²) in [6.45, 7) is 3.83. The molecule has 2 aromatic rings. The number of aromatic nitrogens is 2.